The van der Waals surface area contributed by atoms with Crippen LogP contribution in [0.5, 0.6) is 0 Å². The molecule has 6 heteroatoms. The van der Waals surface area contributed by atoms with Crippen LogP contribution in [0.1, 0.15) is 36.8 Å². The van der Waals surface area contributed by atoms with E-state index >= 15 is 0 Å². The average molecular weight is 429 g/mol. The summed E-state index contributed by atoms with van der Waals surface area (Å²) in [6.45, 7) is 0.240. The zero-order chi connectivity index (χ0) is 20.4. The van der Waals surface area contributed by atoms with Gasteiger partial charge in [0.05, 0.1) is 18.8 Å². The van der Waals surface area contributed by atoms with Gasteiger partial charge < -0.3 is 20.4 Å². The van der Waals surface area contributed by atoms with Crippen molar-refractivity contribution in [2.24, 2.45) is 11.8 Å². The van der Waals surface area contributed by atoms with Crippen LogP contribution in [0.25, 0.3) is 0 Å². The van der Waals surface area contributed by atoms with Crippen molar-refractivity contribution < 1.29 is 20.4 Å². The van der Waals surface area contributed by atoms with Gasteiger partial charge in [0, 0.05) is 24.3 Å². The average Bonchev–Trinajstić information content (AvgIpc) is 2.95. The third-order valence-corrected chi connectivity index (χ3v) is 6.94. The maximum Gasteiger partial charge on any atom is 0.0761 e. The zero-order valence-corrected chi connectivity index (χ0v) is 17.9. The van der Waals surface area contributed by atoms with Crippen molar-refractivity contribution in [1.82, 2.24) is 0 Å². The molecule has 1 aliphatic rings. The molecule has 0 amide bonds. The Morgan fingerprint density at radius 1 is 1.18 bits per heavy atom. The lowest BCUT2D eigenvalue weighted by atomic mass is 9.91. The highest BCUT2D eigenvalue weighted by Gasteiger charge is 2.39. The summed E-state index contributed by atoms with van der Waals surface area (Å²) < 4.78 is 0. The SMILES string of the molecule is OCCCCSCC[C@@H]1[C@@H](/C=C/[C@@H](O)Cc2cccc(CO)c2)[C@H](O)C[C@H]1Cl. The van der Waals surface area contributed by atoms with Crippen molar-refractivity contribution in [2.75, 3.05) is 18.1 Å². The van der Waals surface area contributed by atoms with Crippen molar-refractivity contribution in [1.29, 1.82) is 0 Å². The third-order valence-electron chi connectivity index (χ3n) is 5.34. The predicted molar refractivity (Wildman–Crippen MR) is 117 cm³/mol. The molecule has 0 bridgehead atoms. The minimum atomic E-state index is -0.635. The summed E-state index contributed by atoms with van der Waals surface area (Å²) >= 11 is 8.36. The van der Waals surface area contributed by atoms with Gasteiger partial charge in [0.25, 0.3) is 0 Å². The quantitative estimate of drug-likeness (QED) is 0.233. The lowest BCUT2D eigenvalue weighted by Crippen LogP contribution is -2.20. The van der Waals surface area contributed by atoms with Gasteiger partial charge in [-0.15, -0.1) is 11.6 Å². The highest BCUT2D eigenvalue weighted by atomic mass is 35.5. The fourth-order valence-corrected chi connectivity index (χ4v) is 5.32. The van der Waals surface area contributed by atoms with E-state index in [0.29, 0.717) is 12.8 Å². The Balaban J connectivity index is 1.85. The normalized spacial score (nSPS) is 26.2. The molecule has 5 atom stereocenters. The molecule has 1 saturated carbocycles. The van der Waals surface area contributed by atoms with Gasteiger partial charge in [-0.1, -0.05) is 36.4 Å². The Morgan fingerprint density at radius 2 is 1.96 bits per heavy atom. The summed E-state index contributed by atoms with van der Waals surface area (Å²) in [6, 6.07) is 7.57. The fraction of sp³-hybridized carbons (Fsp3) is 0.636. The fourth-order valence-electron chi connectivity index (χ4n) is 3.79. The van der Waals surface area contributed by atoms with Crippen LogP contribution in [-0.2, 0) is 13.0 Å². The number of alkyl halides is 1. The first kappa shape index (κ1) is 23.7. The number of thioether (sulfide) groups is 1. The van der Waals surface area contributed by atoms with E-state index in [-0.39, 0.29) is 30.4 Å². The van der Waals surface area contributed by atoms with Crippen LogP contribution in [-0.4, -0.2) is 56.1 Å². The van der Waals surface area contributed by atoms with E-state index in [1.165, 1.54) is 0 Å². The van der Waals surface area contributed by atoms with Gasteiger partial charge in [0.15, 0.2) is 0 Å². The Morgan fingerprint density at radius 3 is 2.71 bits per heavy atom. The summed E-state index contributed by atoms with van der Waals surface area (Å²) in [5.41, 5.74) is 1.81. The Bertz CT molecular complexity index is 598. The Kier molecular flexibility index (Phi) is 10.9. The molecule has 0 heterocycles. The van der Waals surface area contributed by atoms with Gasteiger partial charge in [-0.2, -0.15) is 11.8 Å². The largest absolute Gasteiger partial charge is 0.396 e. The number of benzene rings is 1. The molecule has 28 heavy (non-hydrogen) atoms. The number of unbranched alkanes of at least 4 members (excludes halogenated alkanes) is 1. The number of rotatable bonds is 12. The molecule has 4 N–H and O–H groups in total. The van der Waals surface area contributed by atoms with Crippen LogP contribution < -0.4 is 0 Å². The zero-order valence-electron chi connectivity index (χ0n) is 16.3. The van der Waals surface area contributed by atoms with Crippen molar-refractivity contribution in [3.05, 3.63) is 47.5 Å². The first-order chi connectivity index (χ1) is 13.5. The number of aliphatic hydroxyl groups is 4. The van der Waals surface area contributed by atoms with Crippen LogP contribution >= 0.6 is 23.4 Å². The lowest BCUT2D eigenvalue weighted by molar-refractivity contribution is 0.140. The molecule has 2 rings (SSSR count). The van der Waals surface area contributed by atoms with E-state index in [1.54, 1.807) is 6.08 Å². The van der Waals surface area contributed by atoms with Crippen LogP contribution in [0.15, 0.2) is 36.4 Å². The number of halogens is 1. The molecule has 1 aromatic carbocycles. The van der Waals surface area contributed by atoms with Crippen molar-refractivity contribution >= 4 is 23.4 Å². The maximum atomic E-state index is 10.4. The van der Waals surface area contributed by atoms with Gasteiger partial charge >= 0.3 is 0 Å². The minimum Gasteiger partial charge on any atom is -0.396 e. The number of hydrogen-bond acceptors (Lipinski definition) is 5. The topological polar surface area (TPSA) is 80.9 Å². The first-order valence-corrected chi connectivity index (χ1v) is 11.7. The Labute approximate surface area is 177 Å². The molecule has 0 unspecified atom stereocenters. The molecule has 158 valence electrons. The Hall–Kier alpha value is -0.560. The maximum absolute atomic E-state index is 10.4. The molecule has 0 aromatic heterocycles. The lowest BCUT2D eigenvalue weighted by Gasteiger charge is -2.21. The predicted octanol–water partition coefficient (Wildman–Crippen LogP) is 3.14. The smallest absolute Gasteiger partial charge is 0.0761 e. The molecule has 0 saturated heterocycles. The number of aliphatic hydroxyl groups excluding tert-OH is 4. The molecule has 0 aliphatic heterocycles. The minimum absolute atomic E-state index is 0.00908. The van der Waals surface area contributed by atoms with Crippen LogP contribution in [0.3, 0.4) is 0 Å². The highest BCUT2D eigenvalue weighted by Crippen LogP contribution is 2.39. The summed E-state index contributed by atoms with van der Waals surface area (Å²) in [6.07, 6.45) is 6.48. The van der Waals surface area contributed by atoms with Crippen LogP contribution in [0, 0.1) is 11.8 Å². The van der Waals surface area contributed by atoms with Gasteiger partial charge in [0.2, 0.25) is 0 Å². The monoisotopic (exact) mass is 428 g/mol. The second kappa shape index (κ2) is 12.9. The van der Waals surface area contributed by atoms with Gasteiger partial charge in [0.1, 0.15) is 0 Å². The standard InChI is InChI=1S/C22H33ClO4S/c23-21-14-22(27)20(19(21)8-11-28-10-2-1-9-24)7-6-18(26)13-16-4-3-5-17(12-16)15-25/h3-7,12,18-22,24-27H,1-2,8-11,13-15H2/b7-6+/t18-,19-,20-,21-,22-/m1/s1. The molecule has 1 aromatic rings. The summed E-state index contributed by atoms with van der Waals surface area (Å²) in [5, 5.41) is 38.8. The third kappa shape index (κ3) is 7.69. The molecule has 4 nitrogen and oxygen atoms in total. The van der Waals surface area contributed by atoms with E-state index in [4.69, 9.17) is 16.7 Å². The van der Waals surface area contributed by atoms with Crippen LogP contribution in [0.4, 0.5) is 0 Å². The van der Waals surface area contributed by atoms with E-state index in [2.05, 4.69) is 0 Å². The van der Waals surface area contributed by atoms with Crippen LogP contribution in [0.2, 0.25) is 0 Å². The second-order valence-corrected chi connectivity index (χ2v) is 9.31. The molecule has 0 spiro atoms. The van der Waals surface area contributed by atoms with Gasteiger partial charge in [-0.05, 0) is 54.2 Å². The highest BCUT2D eigenvalue weighted by molar-refractivity contribution is 7.99. The van der Waals surface area contributed by atoms with Crippen molar-refractivity contribution in [3.8, 4) is 0 Å². The summed E-state index contributed by atoms with van der Waals surface area (Å²) in [5.74, 6) is 2.21. The van der Waals surface area contributed by atoms with Crippen molar-refractivity contribution in [2.45, 2.75) is 56.3 Å². The van der Waals surface area contributed by atoms with Gasteiger partial charge in [-0.3, -0.25) is 0 Å². The summed E-state index contributed by atoms with van der Waals surface area (Å²) in [7, 11) is 0. The molecule has 0 radical (unpaired) electrons. The summed E-state index contributed by atoms with van der Waals surface area (Å²) in [4.78, 5) is 0. The molecule has 1 fully saturated rings. The van der Waals surface area contributed by atoms with Gasteiger partial charge in [-0.25, -0.2) is 0 Å². The molecular weight excluding hydrogens is 396 g/mol. The molecule has 1 aliphatic carbocycles. The van der Waals surface area contributed by atoms with E-state index in [0.717, 1.165) is 41.9 Å². The van der Waals surface area contributed by atoms with E-state index in [1.807, 2.05) is 42.1 Å². The van der Waals surface area contributed by atoms with Crippen molar-refractivity contribution in [3.63, 3.8) is 0 Å². The van der Waals surface area contributed by atoms with E-state index < -0.39 is 12.2 Å². The number of hydrogen-bond donors (Lipinski definition) is 4. The van der Waals surface area contributed by atoms with E-state index in [9.17, 15) is 15.3 Å². The first-order valence-electron chi connectivity index (χ1n) is 10.1. The second-order valence-electron chi connectivity index (χ2n) is 7.53. The molecular formula is C22H33ClO4S.